The van der Waals surface area contributed by atoms with Crippen LogP contribution in [0.3, 0.4) is 0 Å². The molecule has 0 spiro atoms. The Morgan fingerprint density at radius 1 is 1.44 bits per heavy atom. The van der Waals surface area contributed by atoms with Gasteiger partial charge in [-0.3, -0.25) is 0 Å². The molecule has 0 aromatic carbocycles. The quantitative estimate of drug-likeness (QED) is 0.841. The van der Waals surface area contributed by atoms with Crippen LogP contribution in [0.4, 0.5) is 5.95 Å². The molecular formula is C11H20N4O. The summed E-state index contributed by atoms with van der Waals surface area (Å²) in [4.78, 5) is 6.56. The molecule has 2 unspecified atom stereocenters. The van der Waals surface area contributed by atoms with Gasteiger partial charge in [0.1, 0.15) is 0 Å². The molecule has 1 N–H and O–H groups in total. The lowest BCUT2D eigenvalue weighted by Gasteiger charge is -2.14. The Morgan fingerprint density at radius 2 is 2.19 bits per heavy atom. The minimum Gasteiger partial charge on any atom is -0.339 e. The lowest BCUT2D eigenvalue weighted by molar-refractivity contribution is 0.318. The zero-order chi connectivity index (χ0) is 11.5. The van der Waals surface area contributed by atoms with Crippen molar-refractivity contribution < 1.29 is 4.52 Å². The molecule has 1 saturated heterocycles. The van der Waals surface area contributed by atoms with E-state index in [1.165, 1.54) is 6.42 Å². The van der Waals surface area contributed by atoms with Gasteiger partial charge in [0.25, 0.3) is 5.95 Å². The Hall–Kier alpha value is -1.10. The van der Waals surface area contributed by atoms with E-state index in [4.69, 9.17) is 4.52 Å². The van der Waals surface area contributed by atoms with Gasteiger partial charge in [-0.15, -0.1) is 0 Å². The number of hydrogen-bond donors (Lipinski definition) is 1. The summed E-state index contributed by atoms with van der Waals surface area (Å²) in [5, 5.41) is 7.43. The molecule has 0 aliphatic carbocycles. The van der Waals surface area contributed by atoms with Gasteiger partial charge in [-0.2, -0.15) is 4.98 Å². The third kappa shape index (κ3) is 2.04. The molecule has 5 nitrogen and oxygen atoms in total. The summed E-state index contributed by atoms with van der Waals surface area (Å²) in [6, 6.07) is 0.233. The number of aromatic nitrogens is 2. The minimum atomic E-state index is 0.233. The lowest BCUT2D eigenvalue weighted by Crippen LogP contribution is -2.23. The third-order valence-electron chi connectivity index (χ3n) is 3.28. The number of nitrogens with zero attached hydrogens (tertiary/aromatic N) is 3. The van der Waals surface area contributed by atoms with E-state index in [1.807, 2.05) is 0 Å². The van der Waals surface area contributed by atoms with Gasteiger partial charge in [0.15, 0.2) is 0 Å². The molecule has 2 heterocycles. The van der Waals surface area contributed by atoms with Crippen LogP contribution in [0.5, 0.6) is 0 Å². The molecule has 16 heavy (non-hydrogen) atoms. The van der Waals surface area contributed by atoms with Crippen LogP contribution in [0.1, 0.15) is 39.1 Å². The van der Waals surface area contributed by atoms with E-state index in [0.29, 0.717) is 11.9 Å². The van der Waals surface area contributed by atoms with E-state index < -0.39 is 0 Å². The fraction of sp³-hybridized carbons (Fsp3) is 0.818. The van der Waals surface area contributed by atoms with Crippen molar-refractivity contribution in [2.45, 2.75) is 33.2 Å². The van der Waals surface area contributed by atoms with Gasteiger partial charge in [0.2, 0.25) is 5.89 Å². The van der Waals surface area contributed by atoms with Crippen LogP contribution in [0.15, 0.2) is 4.52 Å². The first kappa shape index (κ1) is 11.4. The van der Waals surface area contributed by atoms with Crippen LogP contribution in [-0.2, 0) is 0 Å². The van der Waals surface area contributed by atoms with Gasteiger partial charge < -0.3 is 14.7 Å². The Bertz CT molecular complexity index is 334. The number of nitrogens with one attached hydrogen (secondary N) is 1. The summed E-state index contributed by atoms with van der Waals surface area (Å²) in [6.07, 6.45) is 1.17. The van der Waals surface area contributed by atoms with Crippen LogP contribution >= 0.6 is 0 Å². The summed E-state index contributed by atoms with van der Waals surface area (Å²) < 4.78 is 5.34. The highest BCUT2D eigenvalue weighted by Crippen LogP contribution is 2.28. The zero-order valence-corrected chi connectivity index (χ0v) is 10.2. The lowest BCUT2D eigenvalue weighted by atomic mass is 10.0. The van der Waals surface area contributed by atoms with Crippen LogP contribution in [-0.4, -0.2) is 29.8 Å². The molecule has 0 bridgehead atoms. The SMILES string of the molecule is CCN(CC)c1noc(C2NCCC2C)n1. The monoisotopic (exact) mass is 224 g/mol. The predicted octanol–water partition coefficient (Wildman–Crippen LogP) is 1.59. The maximum atomic E-state index is 5.34. The van der Waals surface area contributed by atoms with Crippen molar-refractivity contribution in [3.63, 3.8) is 0 Å². The minimum absolute atomic E-state index is 0.233. The van der Waals surface area contributed by atoms with E-state index in [0.717, 1.165) is 25.5 Å². The van der Waals surface area contributed by atoms with Crippen molar-refractivity contribution in [3.8, 4) is 0 Å². The van der Waals surface area contributed by atoms with Crippen molar-refractivity contribution in [2.24, 2.45) is 5.92 Å². The van der Waals surface area contributed by atoms with Crippen LogP contribution in [0.2, 0.25) is 0 Å². The van der Waals surface area contributed by atoms with Crippen LogP contribution in [0, 0.1) is 5.92 Å². The summed E-state index contributed by atoms with van der Waals surface area (Å²) >= 11 is 0. The maximum Gasteiger partial charge on any atom is 0.266 e. The van der Waals surface area contributed by atoms with E-state index >= 15 is 0 Å². The summed E-state index contributed by atoms with van der Waals surface area (Å²) in [7, 11) is 0. The van der Waals surface area contributed by atoms with Crippen LogP contribution < -0.4 is 10.2 Å². The van der Waals surface area contributed by atoms with Crippen molar-refractivity contribution in [1.29, 1.82) is 0 Å². The standard InChI is InChI=1S/C11H20N4O/c1-4-15(5-2)11-13-10(16-14-11)9-8(3)6-7-12-9/h8-9,12H,4-7H2,1-3H3. The average Bonchev–Trinajstić information content (AvgIpc) is 2.89. The zero-order valence-electron chi connectivity index (χ0n) is 10.2. The summed E-state index contributed by atoms with van der Waals surface area (Å²) in [5.41, 5.74) is 0. The van der Waals surface area contributed by atoms with E-state index in [2.05, 4.69) is 41.1 Å². The molecule has 1 aliphatic heterocycles. The maximum absolute atomic E-state index is 5.34. The highest BCUT2D eigenvalue weighted by molar-refractivity contribution is 5.27. The third-order valence-corrected chi connectivity index (χ3v) is 3.28. The van der Waals surface area contributed by atoms with Gasteiger partial charge in [-0.1, -0.05) is 6.92 Å². The van der Waals surface area contributed by atoms with E-state index in [9.17, 15) is 0 Å². The predicted molar refractivity (Wildman–Crippen MR) is 62.4 cm³/mol. The fourth-order valence-electron chi connectivity index (χ4n) is 2.15. The molecule has 1 fully saturated rings. The van der Waals surface area contributed by atoms with E-state index in [-0.39, 0.29) is 6.04 Å². The molecule has 0 amide bonds. The number of rotatable bonds is 4. The average molecular weight is 224 g/mol. The molecule has 5 heteroatoms. The molecule has 0 saturated carbocycles. The Kier molecular flexibility index (Phi) is 3.43. The van der Waals surface area contributed by atoms with Gasteiger partial charge in [-0.25, -0.2) is 0 Å². The van der Waals surface area contributed by atoms with Crippen molar-refractivity contribution >= 4 is 5.95 Å². The molecule has 1 aromatic rings. The van der Waals surface area contributed by atoms with Gasteiger partial charge >= 0.3 is 0 Å². The smallest absolute Gasteiger partial charge is 0.266 e. The first-order chi connectivity index (χ1) is 7.76. The second-order valence-electron chi connectivity index (χ2n) is 4.30. The Balaban J connectivity index is 2.12. The first-order valence-corrected chi connectivity index (χ1v) is 6.08. The Morgan fingerprint density at radius 3 is 2.75 bits per heavy atom. The number of hydrogen-bond acceptors (Lipinski definition) is 5. The molecular weight excluding hydrogens is 204 g/mol. The van der Waals surface area contributed by atoms with Gasteiger partial charge in [0.05, 0.1) is 6.04 Å². The fourth-order valence-corrected chi connectivity index (χ4v) is 2.15. The molecule has 90 valence electrons. The van der Waals surface area contributed by atoms with Crippen LogP contribution in [0.25, 0.3) is 0 Å². The summed E-state index contributed by atoms with van der Waals surface area (Å²) in [6.45, 7) is 9.25. The van der Waals surface area contributed by atoms with Gasteiger partial charge in [-0.05, 0) is 37.9 Å². The van der Waals surface area contributed by atoms with Crippen molar-refractivity contribution in [3.05, 3.63) is 5.89 Å². The largest absolute Gasteiger partial charge is 0.339 e. The van der Waals surface area contributed by atoms with Crippen molar-refractivity contribution in [1.82, 2.24) is 15.5 Å². The van der Waals surface area contributed by atoms with E-state index in [1.54, 1.807) is 0 Å². The summed E-state index contributed by atoms with van der Waals surface area (Å²) in [5.74, 6) is 2.01. The highest BCUT2D eigenvalue weighted by Gasteiger charge is 2.29. The molecule has 1 aromatic heterocycles. The highest BCUT2D eigenvalue weighted by atomic mass is 16.5. The number of anilines is 1. The molecule has 2 atom stereocenters. The van der Waals surface area contributed by atoms with Gasteiger partial charge in [0, 0.05) is 13.1 Å². The first-order valence-electron chi connectivity index (χ1n) is 6.08. The Labute approximate surface area is 96.2 Å². The second-order valence-corrected chi connectivity index (χ2v) is 4.30. The topological polar surface area (TPSA) is 54.2 Å². The second kappa shape index (κ2) is 4.82. The molecule has 1 aliphatic rings. The molecule has 2 rings (SSSR count). The molecule has 0 radical (unpaired) electrons. The van der Waals surface area contributed by atoms with Crippen molar-refractivity contribution in [2.75, 3.05) is 24.5 Å². The normalized spacial score (nSPS) is 24.9.